The van der Waals surface area contributed by atoms with Crippen LogP contribution in [0.3, 0.4) is 0 Å². The molecule has 0 bridgehead atoms. The summed E-state index contributed by atoms with van der Waals surface area (Å²) in [5.74, 6) is 2.82. The molecule has 2 aliphatic rings. The van der Waals surface area contributed by atoms with Crippen LogP contribution in [0.4, 0.5) is 5.69 Å². The maximum absolute atomic E-state index is 14.1. The molecule has 0 spiro atoms. The minimum atomic E-state index is -0.222. The van der Waals surface area contributed by atoms with Crippen LogP contribution in [0.5, 0.6) is 23.0 Å². The summed E-state index contributed by atoms with van der Waals surface area (Å²) in [5, 5.41) is 0. The lowest BCUT2D eigenvalue weighted by atomic mass is 9.81. The van der Waals surface area contributed by atoms with Crippen molar-refractivity contribution in [3.63, 3.8) is 0 Å². The van der Waals surface area contributed by atoms with Gasteiger partial charge in [-0.05, 0) is 84.5 Å². The van der Waals surface area contributed by atoms with Gasteiger partial charge in [0, 0.05) is 5.69 Å². The zero-order valence-corrected chi connectivity index (χ0v) is 18.9. The van der Waals surface area contributed by atoms with Crippen molar-refractivity contribution in [1.82, 2.24) is 0 Å². The Kier molecular flexibility index (Phi) is 5.82. The monoisotopic (exact) mass is 445 g/mol. The first-order valence-electron chi connectivity index (χ1n) is 11.2. The van der Waals surface area contributed by atoms with E-state index in [0.717, 1.165) is 53.3 Å². The molecule has 6 heteroatoms. The summed E-state index contributed by atoms with van der Waals surface area (Å²) in [5.41, 5.74) is 4.09. The Morgan fingerprint density at radius 3 is 2.48 bits per heavy atom. The Morgan fingerprint density at radius 2 is 1.70 bits per heavy atom. The van der Waals surface area contributed by atoms with Crippen LogP contribution >= 0.6 is 0 Å². The van der Waals surface area contributed by atoms with Crippen LogP contribution < -0.4 is 23.8 Å². The number of ether oxygens (including phenoxy) is 4. The number of methoxy groups -OCH3 is 2. The zero-order valence-electron chi connectivity index (χ0n) is 18.9. The van der Waals surface area contributed by atoms with Crippen LogP contribution in [-0.2, 0) is 17.8 Å². The van der Waals surface area contributed by atoms with E-state index in [-0.39, 0.29) is 18.6 Å². The van der Waals surface area contributed by atoms with Gasteiger partial charge >= 0.3 is 0 Å². The molecule has 0 radical (unpaired) electrons. The molecular weight excluding hydrogens is 418 g/mol. The van der Waals surface area contributed by atoms with Gasteiger partial charge < -0.3 is 23.8 Å². The molecule has 1 aliphatic heterocycles. The van der Waals surface area contributed by atoms with Crippen LogP contribution in [0.1, 0.15) is 35.4 Å². The summed E-state index contributed by atoms with van der Waals surface area (Å²) in [6.07, 6.45) is 2.77. The molecule has 0 saturated carbocycles. The fourth-order valence-corrected chi connectivity index (χ4v) is 4.63. The van der Waals surface area contributed by atoms with Crippen molar-refractivity contribution < 1.29 is 23.7 Å². The molecule has 0 fully saturated rings. The highest BCUT2D eigenvalue weighted by Crippen LogP contribution is 2.38. The van der Waals surface area contributed by atoms with Gasteiger partial charge in [0.15, 0.2) is 11.5 Å². The molecule has 170 valence electrons. The van der Waals surface area contributed by atoms with Gasteiger partial charge in [0.2, 0.25) is 12.7 Å². The molecule has 0 aromatic heterocycles. The first-order chi connectivity index (χ1) is 16.2. The van der Waals surface area contributed by atoms with E-state index in [1.165, 1.54) is 5.56 Å². The molecule has 3 aromatic rings. The highest BCUT2D eigenvalue weighted by atomic mass is 16.7. The molecule has 5 rings (SSSR count). The minimum absolute atomic E-state index is 0.0760. The lowest BCUT2D eigenvalue weighted by Crippen LogP contribution is -2.36. The normalized spacial score (nSPS) is 16.1. The lowest BCUT2D eigenvalue weighted by Gasteiger charge is -2.31. The standard InChI is InChI=1S/C27H27NO5/c1-30-21-11-8-20(9-12-21)28(16-18-6-13-25-26(14-18)33-17-32-25)27(29)23-5-3-4-19-7-10-22(31-2)15-24(19)23/h6-15,23H,3-5,16-17H2,1-2H3. The van der Waals surface area contributed by atoms with E-state index in [4.69, 9.17) is 18.9 Å². The van der Waals surface area contributed by atoms with Crippen LogP contribution in [0, 0.1) is 0 Å². The van der Waals surface area contributed by atoms with Crippen molar-refractivity contribution in [3.05, 3.63) is 77.4 Å². The SMILES string of the molecule is COc1ccc(N(Cc2ccc3c(c2)OCO3)C(=O)C2CCCc3ccc(OC)cc32)cc1. The van der Waals surface area contributed by atoms with E-state index in [2.05, 4.69) is 6.07 Å². The smallest absolute Gasteiger partial charge is 0.234 e. The number of nitrogens with zero attached hydrogens (tertiary/aromatic N) is 1. The highest BCUT2D eigenvalue weighted by Gasteiger charge is 2.31. The van der Waals surface area contributed by atoms with Crippen molar-refractivity contribution in [2.45, 2.75) is 31.7 Å². The van der Waals surface area contributed by atoms with Gasteiger partial charge in [-0.2, -0.15) is 0 Å². The molecule has 6 nitrogen and oxygen atoms in total. The number of fused-ring (bicyclic) bond motifs is 2. The number of aryl methyl sites for hydroxylation is 1. The lowest BCUT2D eigenvalue weighted by molar-refractivity contribution is -0.120. The third kappa shape index (κ3) is 4.21. The van der Waals surface area contributed by atoms with Gasteiger partial charge in [0.1, 0.15) is 11.5 Å². The third-order valence-electron chi connectivity index (χ3n) is 6.39. The second-order valence-corrected chi connectivity index (χ2v) is 8.32. The Morgan fingerprint density at radius 1 is 0.939 bits per heavy atom. The Labute approximate surface area is 193 Å². The van der Waals surface area contributed by atoms with Gasteiger partial charge in [-0.25, -0.2) is 0 Å². The summed E-state index contributed by atoms with van der Waals surface area (Å²) in [6, 6.07) is 19.5. The van der Waals surface area contributed by atoms with Gasteiger partial charge in [-0.3, -0.25) is 4.79 Å². The van der Waals surface area contributed by atoms with Gasteiger partial charge in [0.25, 0.3) is 0 Å². The van der Waals surface area contributed by atoms with Crippen molar-refractivity contribution in [3.8, 4) is 23.0 Å². The van der Waals surface area contributed by atoms with Gasteiger partial charge in [0.05, 0.1) is 26.7 Å². The number of rotatable bonds is 6. The summed E-state index contributed by atoms with van der Waals surface area (Å²) >= 11 is 0. The maximum atomic E-state index is 14.1. The van der Waals surface area contributed by atoms with E-state index in [1.54, 1.807) is 14.2 Å². The number of benzene rings is 3. The van der Waals surface area contributed by atoms with E-state index in [0.29, 0.717) is 12.3 Å². The van der Waals surface area contributed by atoms with Crippen molar-refractivity contribution in [1.29, 1.82) is 0 Å². The molecular formula is C27H27NO5. The fraction of sp³-hybridized carbons (Fsp3) is 0.296. The van der Waals surface area contributed by atoms with Crippen molar-refractivity contribution in [2.24, 2.45) is 0 Å². The second kappa shape index (κ2) is 9.06. The number of amides is 1. The van der Waals surface area contributed by atoms with Gasteiger partial charge in [-0.15, -0.1) is 0 Å². The molecule has 0 N–H and O–H groups in total. The zero-order chi connectivity index (χ0) is 22.8. The Balaban J connectivity index is 1.51. The van der Waals surface area contributed by atoms with Crippen LogP contribution in [0.15, 0.2) is 60.7 Å². The largest absolute Gasteiger partial charge is 0.497 e. The number of carbonyl (C=O) groups is 1. The van der Waals surface area contributed by atoms with E-state index < -0.39 is 0 Å². The number of carbonyl (C=O) groups excluding carboxylic acids is 1. The Hall–Kier alpha value is -3.67. The first kappa shape index (κ1) is 21.2. The van der Waals surface area contributed by atoms with Gasteiger partial charge in [-0.1, -0.05) is 12.1 Å². The van der Waals surface area contributed by atoms with E-state index in [1.807, 2.05) is 59.5 Å². The second-order valence-electron chi connectivity index (χ2n) is 8.32. The molecule has 1 amide bonds. The van der Waals surface area contributed by atoms with Crippen LogP contribution in [0.25, 0.3) is 0 Å². The summed E-state index contributed by atoms with van der Waals surface area (Å²) in [4.78, 5) is 15.9. The molecule has 33 heavy (non-hydrogen) atoms. The number of anilines is 1. The number of hydrogen-bond donors (Lipinski definition) is 0. The molecule has 0 saturated heterocycles. The van der Waals surface area contributed by atoms with Crippen molar-refractivity contribution >= 4 is 11.6 Å². The molecule has 1 atom stereocenters. The average Bonchev–Trinajstić information content (AvgIpc) is 3.34. The molecule has 1 heterocycles. The third-order valence-corrected chi connectivity index (χ3v) is 6.39. The topological polar surface area (TPSA) is 57.2 Å². The van der Waals surface area contributed by atoms with Crippen LogP contribution in [0.2, 0.25) is 0 Å². The Bertz CT molecular complexity index is 1160. The van der Waals surface area contributed by atoms with Crippen LogP contribution in [-0.4, -0.2) is 26.9 Å². The van der Waals surface area contributed by atoms with Crippen molar-refractivity contribution in [2.75, 3.05) is 25.9 Å². The van der Waals surface area contributed by atoms with E-state index >= 15 is 0 Å². The number of hydrogen-bond acceptors (Lipinski definition) is 5. The first-order valence-corrected chi connectivity index (χ1v) is 11.2. The molecule has 1 aliphatic carbocycles. The summed E-state index contributed by atoms with van der Waals surface area (Å²) in [7, 11) is 3.29. The summed E-state index contributed by atoms with van der Waals surface area (Å²) < 4.78 is 21.8. The summed E-state index contributed by atoms with van der Waals surface area (Å²) in [6.45, 7) is 0.651. The molecule has 1 unspecified atom stereocenters. The average molecular weight is 446 g/mol. The molecule has 3 aromatic carbocycles. The quantitative estimate of drug-likeness (QED) is 0.529. The predicted molar refractivity (Wildman–Crippen MR) is 125 cm³/mol. The predicted octanol–water partition coefficient (Wildman–Crippen LogP) is 5.09. The maximum Gasteiger partial charge on any atom is 0.234 e. The highest BCUT2D eigenvalue weighted by molar-refractivity contribution is 5.98. The minimum Gasteiger partial charge on any atom is -0.497 e. The van der Waals surface area contributed by atoms with E-state index in [9.17, 15) is 4.79 Å². The fourth-order valence-electron chi connectivity index (χ4n) is 4.63.